The van der Waals surface area contributed by atoms with Gasteiger partial charge in [-0.25, -0.2) is 0 Å². The summed E-state index contributed by atoms with van der Waals surface area (Å²) in [5.74, 6) is 0. The minimum Gasteiger partial charge on any atom is -0.385 e. The second kappa shape index (κ2) is 4.16. The predicted octanol–water partition coefficient (Wildman–Crippen LogP) is 3.03. The molecule has 13 heavy (non-hydrogen) atoms. The maximum absolute atomic E-state index is 10.1. The smallest absolute Gasteiger partial charge is 0.0876 e. The highest BCUT2D eigenvalue weighted by Gasteiger charge is 2.22. The molecule has 1 nitrogen and oxygen atoms in total. The number of benzene rings is 1. The van der Waals surface area contributed by atoms with Gasteiger partial charge in [-0.15, -0.1) is 11.8 Å². The molecule has 0 aliphatic heterocycles. The van der Waals surface area contributed by atoms with Crippen LogP contribution in [0.1, 0.15) is 25.8 Å². The zero-order chi connectivity index (χ0) is 9.90. The van der Waals surface area contributed by atoms with Crippen molar-refractivity contribution in [3.05, 3.63) is 29.8 Å². The van der Waals surface area contributed by atoms with Crippen molar-refractivity contribution in [2.45, 2.75) is 30.8 Å². The molecule has 0 unspecified atom stereocenters. The van der Waals surface area contributed by atoms with Crippen LogP contribution in [0.25, 0.3) is 0 Å². The van der Waals surface area contributed by atoms with Crippen LogP contribution in [0.5, 0.6) is 0 Å². The Morgan fingerprint density at radius 1 is 1.38 bits per heavy atom. The average Bonchev–Trinajstić information content (AvgIpc) is 2.18. The number of thioether (sulfide) groups is 1. The minimum absolute atomic E-state index is 0.695. The highest BCUT2D eigenvalue weighted by atomic mass is 32.2. The summed E-state index contributed by atoms with van der Waals surface area (Å²) in [5, 5.41) is 10.1. The molecule has 0 spiro atoms. The van der Waals surface area contributed by atoms with Gasteiger partial charge in [-0.05, 0) is 31.2 Å². The average molecular weight is 196 g/mol. The van der Waals surface area contributed by atoms with Gasteiger partial charge < -0.3 is 5.11 Å². The summed E-state index contributed by atoms with van der Waals surface area (Å²) in [6, 6.07) is 8.01. The fourth-order valence-electron chi connectivity index (χ4n) is 1.28. The highest BCUT2D eigenvalue weighted by molar-refractivity contribution is 7.98. The summed E-state index contributed by atoms with van der Waals surface area (Å²) in [6.45, 7) is 3.86. The van der Waals surface area contributed by atoms with Crippen LogP contribution in [0.3, 0.4) is 0 Å². The number of aliphatic hydroxyl groups is 1. The van der Waals surface area contributed by atoms with Crippen molar-refractivity contribution in [1.82, 2.24) is 0 Å². The molecule has 1 N–H and O–H groups in total. The van der Waals surface area contributed by atoms with Crippen molar-refractivity contribution >= 4 is 11.8 Å². The lowest BCUT2D eigenvalue weighted by Crippen LogP contribution is -2.20. The molecular formula is C11H16OS. The molecule has 0 aromatic heterocycles. The Bertz CT molecular complexity index is 281. The van der Waals surface area contributed by atoms with E-state index in [1.807, 2.05) is 44.4 Å². The Balaban J connectivity index is 3.12. The van der Waals surface area contributed by atoms with Gasteiger partial charge in [0.25, 0.3) is 0 Å². The zero-order valence-electron chi connectivity index (χ0n) is 8.37. The van der Waals surface area contributed by atoms with E-state index in [0.29, 0.717) is 0 Å². The molecule has 1 atom stereocenters. The van der Waals surface area contributed by atoms with Gasteiger partial charge in [0, 0.05) is 4.90 Å². The fraction of sp³-hybridized carbons (Fsp3) is 0.455. The highest BCUT2D eigenvalue weighted by Crippen LogP contribution is 2.31. The number of hydrogen-bond donors (Lipinski definition) is 1. The summed E-state index contributed by atoms with van der Waals surface area (Å²) in [7, 11) is 0. The Morgan fingerprint density at radius 2 is 2.00 bits per heavy atom. The normalized spacial score (nSPS) is 15.4. The Kier molecular flexibility index (Phi) is 3.40. The lowest BCUT2D eigenvalue weighted by atomic mass is 9.93. The van der Waals surface area contributed by atoms with Gasteiger partial charge in [-0.1, -0.05) is 25.1 Å². The van der Waals surface area contributed by atoms with Crippen LogP contribution in [-0.2, 0) is 5.60 Å². The van der Waals surface area contributed by atoms with Gasteiger partial charge in [-0.2, -0.15) is 0 Å². The predicted molar refractivity (Wildman–Crippen MR) is 58.1 cm³/mol. The van der Waals surface area contributed by atoms with Crippen LogP contribution in [0.2, 0.25) is 0 Å². The van der Waals surface area contributed by atoms with Gasteiger partial charge in [0.15, 0.2) is 0 Å². The third kappa shape index (κ3) is 2.26. The first-order valence-corrected chi connectivity index (χ1v) is 5.70. The van der Waals surface area contributed by atoms with E-state index < -0.39 is 5.60 Å². The summed E-state index contributed by atoms with van der Waals surface area (Å²) < 4.78 is 0. The molecule has 0 aliphatic carbocycles. The van der Waals surface area contributed by atoms with E-state index in [2.05, 4.69) is 0 Å². The Hall–Kier alpha value is -0.470. The van der Waals surface area contributed by atoms with E-state index in [9.17, 15) is 5.11 Å². The summed E-state index contributed by atoms with van der Waals surface area (Å²) in [6.07, 6.45) is 2.77. The molecule has 72 valence electrons. The third-order valence-corrected chi connectivity index (χ3v) is 3.17. The number of hydrogen-bond acceptors (Lipinski definition) is 2. The van der Waals surface area contributed by atoms with E-state index in [-0.39, 0.29) is 0 Å². The van der Waals surface area contributed by atoms with Crippen LogP contribution >= 0.6 is 11.8 Å². The van der Waals surface area contributed by atoms with Crippen LogP contribution in [-0.4, -0.2) is 11.4 Å². The van der Waals surface area contributed by atoms with Crippen molar-refractivity contribution in [2.75, 3.05) is 6.26 Å². The van der Waals surface area contributed by atoms with Crippen molar-refractivity contribution in [1.29, 1.82) is 0 Å². The van der Waals surface area contributed by atoms with Crippen LogP contribution < -0.4 is 0 Å². The first-order valence-electron chi connectivity index (χ1n) is 4.47. The largest absolute Gasteiger partial charge is 0.385 e. The molecule has 1 rings (SSSR count). The summed E-state index contributed by atoms with van der Waals surface area (Å²) >= 11 is 1.68. The van der Waals surface area contributed by atoms with Gasteiger partial charge in [-0.3, -0.25) is 0 Å². The molecule has 0 amide bonds. The second-order valence-corrected chi connectivity index (χ2v) is 4.18. The Morgan fingerprint density at radius 3 is 2.54 bits per heavy atom. The second-order valence-electron chi connectivity index (χ2n) is 3.33. The molecule has 0 fully saturated rings. The molecule has 2 heteroatoms. The monoisotopic (exact) mass is 196 g/mol. The first-order chi connectivity index (χ1) is 6.11. The van der Waals surface area contributed by atoms with E-state index in [1.165, 1.54) is 0 Å². The van der Waals surface area contributed by atoms with Crippen LogP contribution in [0.15, 0.2) is 29.2 Å². The zero-order valence-corrected chi connectivity index (χ0v) is 9.19. The quantitative estimate of drug-likeness (QED) is 0.750. The summed E-state index contributed by atoms with van der Waals surface area (Å²) in [4.78, 5) is 1.16. The molecule has 0 bridgehead atoms. The number of rotatable bonds is 3. The maximum Gasteiger partial charge on any atom is 0.0876 e. The van der Waals surface area contributed by atoms with Crippen molar-refractivity contribution < 1.29 is 5.11 Å². The van der Waals surface area contributed by atoms with E-state index >= 15 is 0 Å². The van der Waals surface area contributed by atoms with Gasteiger partial charge in [0.05, 0.1) is 5.60 Å². The molecule has 0 saturated heterocycles. The SMILES string of the molecule is CC[C@@](C)(O)c1ccccc1SC. The molecule has 1 aromatic rings. The van der Waals surface area contributed by atoms with Gasteiger partial charge in [0.2, 0.25) is 0 Å². The standard InChI is InChI=1S/C11H16OS/c1-4-11(2,12)9-7-5-6-8-10(9)13-3/h5-8,12H,4H2,1-3H3/t11-/m1/s1. The van der Waals surface area contributed by atoms with Crippen molar-refractivity contribution in [2.24, 2.45) is 0 Å². The van der Waals surface area contributed by atoms with E-state index in [4.69, 9.17) is 0 Å². The van der Waals surface area contributed by atoms with Crippen molar-refractivity contribution in [3.63, 3.8) is 0 Å². The fourth-order valence-corrected chi connectivity index (χ4v) is 2.00. The minimum atomic E-state index is -0.695. The van der Waals surface area contributed by atoms with Crippen LogP contribution in [0.4, 0.5) is 0 Å². The van der Waals surface area contributed by atoms with E-state index in [0.717, 1.165) is 16.9 Å². The lowest BCUT2D eigenvalue weighted by Gasteiger charge is -2.24. The molecule has 0 saturated carbocycles. The van der Waals surface area contributed by atoms with Gasteiger partial charge in [0.1, 0.15) is 0 Å². The summed E-state index contributed by atoms with van der Waals surface area (Å²) in [5.41, 5.74) is 0.338. The Labute approximate surface area is 84.2 Å². The molecule has 0 heterocycles. The van der Waals surface area contributed by atoms with Gasteiger partial charge >= 0.3 is 0 Å². The van der Waals surface area contributed by atoms with Crippen LogP contribution in [0, 0.1) is 0 Å². The van der Waals surface area contributed by atoms with Crippen molar-refractivity contribution in [3.8, 4) is 0 Å². The molecular weight excluding hydrogens is 180 g/mol. The lowest BCUT2D eigenvalue weighted by molar-refractivity contribution is 0.0504. The molecule has 0 aliphatic rings. The third-order valence-electron chi connectivity index (χ3n) is 2.38. The molecule has 1 aromatic carbocycles. The maximum atomic E-state index is 10.1. The topological polar surface area (TPSA) is 20.2 Å². The van der Waals surface area contributed by atoms with E-state index in [1.54, 1.807) is 11.8 Å². The molecule has 0 radical (unpaired) electrons. The first kappa shape index (κ1) is 10.6.